The van der Waals surface area contributed by atoms with E-state index in [0.29, 0.717) is 0 Å². The fourth-order valence-corrected chi connectivity index (χ4v) is 5.42. The zero-order valence-electron chi connectivity index (χ0n) is 10.1. The van der Waals surface area contributed by atoms with Crippen LogP contribution in [0.1, 0.15) is 6.42 Å². The SMILES string of the molecule is Nc1cc(Cl)cc(S(=O)(=O)NC2CCS(=O)(=O)C2)c1F. The third kappa shape index (κ3) is 3.22. The lowest BCUT2D eigenvalue weighted by molar-refractivity contribution is 0.545. The number of nitrogens with two attached hydrogens (primary N) is 1. The molecular weight excluding hydrogens is 331 g/mol. The molecule has 1 fully saturated rings. The van der Waals surface area contributed by atoms with Gasteiger partial charge in [-0.15, -0.1) is 0 Å². The molecule has 0 aromatic heterocycles. The van der Waals surface area contributed by atoms with Crippen LogP contribution >= 0.6 is 11.6 Å². The Kier molecular flexibility index (Phi) is 3.98. The van der Waals surface area contributed by atoms with Gasteiger partial charge in [-0.25, -0.2) is 25.9 Å². The molecule has 3 N–H and O–H groups in total. The molecule has 0 bridgehead atoms. The number of hydrogen-bond donors (Lipinski definition) is 2. The molecule has 1 saturated heterocycles. The summed E-state index contributed by atoms with van der Waals surface area (Å²) in [7, 11) is -7.47. The van der Waals surface area contributed by atoms with E-state index in [1.54, 1.807) is 0 Å². The zero-order chi connectivity index (χ0) is 15.1. The highest BCUT2D eigenvalue weighted by molar-refractivity contribution is 7.92. The second-order valence-corrected chi connectivity index (χ2v) is 8.88. The van der Waals surface area contributed by atoms with E-state index in [4.69, 9.17) is 17.3 Å². The Balaban J connectivity index is 2.32. The number of sulfonamides is 1. The highest BCUT2D eigenvalue weighted by Gasteiger charge is 2.32. The summed E-state index contributed by atoms with van der Waals surface area (Å²) < 4.78 is 62.6. The summed E-state index contributed by atoms with van der Waals surface area (Å²) in [4.78, 5) is -0.688. The van der Waals surface area contributed by atoms with Gasteiger partial charge in [0.1, 0.15) is 4.90 Å². The molecule has 1 heterocycles. The third-order valence-corrected chi connectivity index (χ3v) is 6.38. The molecule has 1 aliphatic heterocycles. The summed E-state index contributed by atoms with van der Waals surface area (Å²) in [6, 6.07) is 1.25. The second-order valence-electron chi connectivity index (χ2n) is 4.53. The lowest BCUT2D eigenvalue weighted by Gasteiger charge is -2.13. The molecular formula is C10H12ClFN2O4S2. The number of benzene rings is 1. The highest BCUT2D eigenvalue weighted by atomic mass is 35.5. The summed E-state index contributed by atoms with van der Waals surface area (Å²) in [6.45, 7) is 0. The quantitative estimate of drug-likeness (QED) is 0.779. The molecule has 0 saturated carbocycles. The molecule has 6 nitrogen and oxygen atoms in total. The molecule has 0 amide bonds. The zero-order valence-corrected chi connectivity index (χ0v) is 12.5. The number of sulfone groups is 1. The number of rotatable bonds is 3. The predicted molar refractivity (Wildman–Crippen MR) is 73.2 cm³/mol. The first-order valence-corrected chi connectivity index (χ1v) is 9.26. The molecule has 20 heavy (non-hydrogen) atoms. The number of anilines is 1. The molecule has 0 spiro atoms. The number of nitrogens with one attached hydrogen (secondary N) is 1. The Hall–Kier alpha value is -0.900. The molecule has 10 heteroatoms. The van der Waals surface area contributed by atoms with E-state index in [-0.39, 0.29) is 22.9 Å². The van der Waals surface area contributed by atoms with Crippen molar-refractivity contribution in [1.29, 1.82) is 0 Å². The van der Waals surface area contributed by atoms with Gasteiger partial charge in [-0.2, -0.15) is 0 Å². The average molecular weight is 343 g/mol. The standard InChI is InChI=1S/C10H12ClFN2O4S2/c11-6-3-8(13)10(12)9(4-6)20(17,18)14-7-1-2-19(15,16)5-7/h3-4,7,14H,1-2,5,13H2. The van der Waals surface area contributed by atoms with Crippen molar-refractivity contribution in [2.24, 2.45) is 0 Å². The normalized spacial score (nSPS) is 22.0. The van der Waals surface area contributed by atoms with E-state index in [0.717, 1.165) is 12.1 Å². The van der Waals surface area contributed by atoms with Crippen LogP contribution in [0, 0.1) is 5.82 Å². The molecule has 1 aromatic rings. The third-order valence-electron chi connectivity index (χ3n) is 2.88. The van der Waals surface area contributed by atoms with E-state index in [9.17, 15) is 21.2 Å². The van der Waals surface area contributed by atoms with Gasteiger partial charge in [0.15, 0.2) is 15.7 Å². The van der Waals surface area contributed by atoms with Crippen molar-refractivity contribution in [2.45, 2.75) is 17.4 Å². The molecule has 1 atom stereocenters. The maximum atomic E-state index is 13.8. The molecule has 112 valence electrons. The van der Waals surface area contributed by atoms with E-state index < -0.39 is 42.3 Å². The van der Waals surface area contributed by atoms with Gasteiger partial charge in [0.25, 0.3) is 0 Å². The predicted octanol–water partition coefficient (Wildman–Crippen LogP) is 0.527. The van der Waals surface area contributed by atoms with E-state index >= 15 is 0 Å². The minimum absolute atomic E-state index is 0.0247. The van der Waals surface area contributed by atoms with E-state index in [2.05, 4.69) is 4.72 Å². The first kappa shape index (κ1) is 15.5. The largest absolute Gasteiger partial charge is 0.396 e. The molecule has 1 unspecified atom stereocenters. The van der Waals surface area contributed by atoms with Crippen LogP contribution in [0.2, 0.25) is 5.02 Å². The molecule has 2 rings (SSSR count). The van der Waals surface area contributed by atoms with Crippen molar-refractivity contribution in [2.75, 3.05) is 17.2 Å². The molecule has 0 radical (unpaired) electrons. The van der Waals surface area contributed by atoms with Crippen LogP contribution in [0.15, 0.2) is 17.0 Å². The van der Waals surface area contributed by atoms with Crippen LogP contribution in [0.25, 0.3) is 0 Å². The topological polar surface area (TPSA) is 106 Å². The Morgan fingerprint density at radius 1 is 1.40 bits per heavy atom. The Morgan fingerprint density at radius 3 is 2.60 bits per heavy atom. The second kappa shape index (κ2) is 5.14. The summed E-state index contributed by atoms with van der Waals surface area (Å²) in [5.74, 6) is -1.51. The van der Waals surface area contributed by atoms with Crippen LogP contribution in [0.3, 0.4) is 0 Å². The van der Waals surface area contributed by atoms with Crippen molar-refractivity contribution >= 4 is 37.1 Å². The fourth-order valence-electron chi connectivity index (χ4n) is 1.95. The summed E-state index contributed by atoms with van der Waals surface area (Å²) in [6.07, 6.45) is 0.152. The Morgan fingerprint density at radius 2 is 2.05 bits per heavy atom. The maximum Gasteiger partial charge on any atom is 0.243 e. The molecule has 1 aromatic carbocycles. The van der Waals surface area contributed by atoms with E-state index in [1.807, 2.05) is 0 Å². The lowest BCUT2D eigenvalue weighted by Crippen LogP contribution is -2.36. The molecule has 0 aliphatic carbocycles. The van der Waals surface area contributed by atoms with Gasteiger partial charge >= 0.3 is 0 Å². The lowest BCUT2D eigenvalue weighted by atomic mass is 10.3. The summed E-state index contributed by atoms with van der Waals surface area (Å²) in [5, 5.41) is -0.0247. The van der Waals surface area contributed by atoms with Gasteiger partial charge in [-0.3, -0.25) is 0 Å². The van der Waals surface area contributed by atoms with Gasteiger partial charge in [0.2, 0.25) is 10.0 Å². The summed E-state index contributed by atoms with van der Waals surface area (Å²) in [5.41, 5.74) is 4.93. The van der Waals surface area contributed by atoms with Crippen molar-refractivity contribution in [3.8, 4) is 0 Å². The van der Waals surface area contributed by atoms with Crippen LogP contribution < -0.4 is 10.5 Å². The van der Waals surface area contributed by atoms with Crippen molar-refractivity contribution < 1.29 is 21.2 Å². The monoisotopic (exact) mass is 342 g/mol. The number of nitrogen functional groups attached to an aromatic ring is 1. The van der Waals surface area contributed by atoms with E-state index in [1.165, 1.54) is 0 Å². The Bertz CT molecular complexity index is 749. The van der Waals surface area contributed by atoms with Gasteiger partial charge in [0, 0.05) is 11.1 Å². The minimum atomic E-state index is -4.22. The maximum absolute atomic E-state index is 13.8. The van der Waals surface area contributed by atoms with Crippen molar-refractivity contribution in [3.05, 3.63) is 23.0 Å². The van der Waals surface area contributed by atoms with Crippen LogP contribution in [0.5, 0.6) is 0 Å². The average Bonchev–Trinajstić information content (AvgIpc) is 2.62. The van der Waals surface area contributed by atoms with Gasteiger partial charge in [-0.05, 0) is 18.6 Å². The van der Waals surface area contributed by atoms with Crippen LogP contribution in [0.4, 0.5) is 10.1 Å². The first-order chi connectivity index (χ1) is 9.11. The van der Waals surface area contributed by atoms with Crippen LogP contribution in [-0.4, -0.2) is 34.4 Å². The highest BCUT2D eigenvalue weighted by Crippen LogP contribution is 2.26. The Labute approximate surface area is 121 Å². The van der Waals surface area contributed by atoms with Crippen molar-refractivity contribution in [3.63, 3.8) is 0 Å². The minimum Gasteiger partial charge on any atom is -0.396 e. The fraction of sp³-hybridized carbons (Fsp3) is 0.400. The van der Waals surface area contributed by atoms with Gasteiger partial charge < -0.3 is 5.73 Å². The molecule has 1 aliphatic rings. The first-order valence-electron chi connectivity index (χ1n) is 5.58. The number of hydrogen-bond acceptors (Lipinski definition) is 5. The summed E-state index contributed by atoms with van der Waals surface area (Å²) >= 11 is 5.66. The van der Waals surface area contributed by atoms with Gasteiger partial charge in [0.05, 0.1) is 17.2 Å². The smallest absolute Gasteiger partial charge is 0.243 e. The van der Waals surface area contributed by atoms with Gasteiger partial charge in [-0.1, -0.05) is 11.6 Å². The number of halogens is 2. The van der Waals surface area contributed by atoms with Crippen molar-refractivity contribution in [1.82, 2.24) is 4.72 Å². The van der Waals surface area contributed by atoms with Crippen LogP contribution in [-0.2, 0) is 19.9 Å².